The number of halogens is 1. The molecule has 2 rings (SSSR count). The van der Waals surface area contributed by atoms with Gasteiger partial charge >= 0.3 is 0 Å². The largest absolute Gasteiger partial charge is 0.0928 e. The van der Waals surface area contributed by atoms with Crippen molar-refractivity contribution in [3.63, 3.8) is 0 Å². The molecule has 0 aromatic heterocycles. The maximum atomic E-state index is 3.51. The summed E-state index contributed by atoms with van der Waals surface area (Å²) in [6.45, 7) is 4.33. The zero-order valence-electron chi connectivity index (χ0n) is 11.0. The molecule has 0 N–H and O–H groups in total. The number of aryl methyl sites for hydroxylation is 3. The number of hydrogen-bond donors (Lipinski definition) is 0. The van der Waals surface area contributed by atoms with Gasteiger partial charge < -0.3 is 0 Å². The highest BCUT2D eigenvalue weighted by molar-refractivity contribution is 9.09. The Balaban J connectivity index is 2.42. The Morgan fingerprint density at radius 1 is 0.944 bits per heavy atom. The van der Waals surface area contributed by atoms with E-state index >= 15 is 0 Å². The van der Waals surface area contributed by atoms with Gasteiger partial charge in [0.05, 0.1) is 0 Å². The molecule has 0 nitrogen and oxygen atoms in total. The summed E-state index contributed by atoms with van der Waals surface area (Å²) in [4.78, 5) is 0. The Kier molecular flexibility index (Phi) is 4.60. The van der Waals surface area contributed by atoms with E-state index in [1.165, 1.54) is 34.2 Å². The average Bonchev–Trinajstić information content (AvgIpc) is 2.35. The van der Waals surface area contributed by atoms with Crippen LogP contribution in [0.1, 0.15) is 23.1 Å². The Labute approximate surface area is 118 Å². The average molecular weight is 303 g/mol. The molecular formula is C17H19Br. The Hall–Kier alpha value is -1.08. The summed E-state index contributed by atoms with van der Waals surface area (Å²) in [6.07, 6.45) is 2.32. The van der Waals surface area contributed by atoms with Crippen molar-refractivity contribution in [2.45, 2.75) is 26.7 Å². The first kappa shape index (κ1) is 13.4. The van der Waals surface area contributed by atoms with Crippen LogP contribution in [0.3, 0.4) is 0 Å². The quantitative estimate of drug-likeness (QED) is 0.672. The molecule has 0 aliphatic heterocycles. The molecule has 0 unspecified atom stereocenters. The van der Waals surface area contributed by atoms with Crippen LogP contribution in [0.2, 0.25) is 0 Å². The van der Waals surface area contributed by atoms with Gasteiger partial charge in [-0.05, 0) is 43.4 Å². The van der Waals surface area contributed by atoms with Crippen molar-refractivity contribution in [2.75, 3.05) is 5.33 Å². The fourth-order valence-corrected chi connectivity index (χ4v) is 2.69. The Bertz CT molecular complexity index is 509. The SMILES string of the molecule is Cc1cc(C)cc(-c2ccccc2CCCBr)c1. The van der Waals surface area contributed by atoms with Crippen LogP contribution in [0.4, 0.5) is 0 Å². The standard InChI is InChI=1S/C17H19Br/c1-13-10-14(2)12-16(11-13)17-8-4-3-6-15(17)7-5-9-18/h3-4,6,8,10-12H,5,7,9H2,1-2H3. The van der Waals surface area contributed by atoms with Crippen molar-refractivity contribution < 1.29 is 0 Å². The summed E-state index contributed by atoms with van der Waals surface area (Å²) < 4.78 is 0. The molecular weight excluding hydrogens is 284 g/mol. The number of benzene rings is 2. The zero-order chi connectivity index (χ0) is 13.0. The van der Waals surface area contributed by atoms with Crippen LogP contribution in [0.5, 0.6) is 0 Å². The van der Waals surface area contributed by atoms with Gasteiger partial charge in [0.2, 0.25) is 0 Å². The Morgan fingerprint density at radius 3 is 2.28 bits per heavy atom. The van der Waals surface area contributed by atoms with Crippen LogP contribution in [-0.4, -0.2) is 5.33 Å². The maximum absolute atomic E-state index is 3.51. The molecule has 0 amide bonds. The van der Waals surface area contributed by atoms with Crippen molar-refractivity contribution in [3.8, 4) is 11.1 Å². The molecule has 0 bridgehead atoms. The minimum Gasteiger partial charge on any atom is -0.0928 e. The molecule has 0 spiro atoms. The van der Waals surface area contributed by atoms with E-state index in [1.54, 1.807) is 0 Å². The van der Waals surface area contributed by atoms with Gasteiger partial charge in [0.15, 0.2) is 0 Å². The smallest absolute Gasteiger partial charge is 0.00344 e. The lowest BCUT2D eigenvalue weighted by Crippen LogP contribution is -1.92. The summed E-state index contributed by atoms with van der Waals surface area (Å²) in [5.41, 5.74) is 6.84. The van der Waals surface area contributed by atoms with Gasteiger partial charge in [-0.15, -0.1) is 0 Å². The lowest BCUT2D eigenvalue weighted by Gasteiger charge is -2.11. The van der Waals surface area contributed by atoms with Gasteiger partial charge in [0.1, 0.15) is 0 Å². The topological polar surface area (TPSA) is 0 Å². The molecule has 1 heteroatoms. The van der Waals surface area contributed by atoms with Crippen molar-refractivity contribution in [1.29, 1.82) is 0 Å². The highest BCUT2D eigenvalue weighted by Gasteiger charge is 2.05. The second kappa shape index (κ2) is 6.19. The van der Waals surface area contributed by atoms with E-state index in [1.807, 2.05) is 0 Å². The van der Waals surface area contributed by atoms with E-state index in [-0.39, 0.29) is 0 Å². The van der Waals surface area contributed by atoms with E-state index in [0.717, 1.165) is 11.8 Å². The molecule has 0 saturated carbocycles. The Morgan fingerprint density at radius 2 is 1.61 bits per heavy atom. The van der Waals surface area contributed by atoms with Crippen LogP contribution in [0.15, 0.2) is 42.5 Å². The van der Waals surface area contributed by atoms with Gasteiger partial charge in [-0.1, -0.05) is 69.5 Å². The highest BCUT2D eigenvalue weighted by Crippen LogP contribution is 2.26. The first-order chi connectivity index (χ1) is 8.70. The van der Waals surface area contributed by atoms with E-state index < -0.39 is 0 Å². The second-order valence-electron chi connectivity index (χ2n) is 4.83. The van der Waals surface area contributed by atoms with Crippen LogP contribution < -0.4 is 0 Å². The summed E-state index contributed by atoms with van der Waals surface area (Å²) in [5.74, 6) is 0. The molecule has 0 fully saturated rings. The van der Waals surface area contributed by atoms with Gasteiger partial charge in [-0.3, -0.25) is 0 Å². The summed E-state index contributed by atoms with van der Waals surface area (Å²) in [5, 5.41) is 1.06. The normalized spacial score (nSPS) is 10.6. The van der Waals surface area contributed by atoms with E-state index in [2.05, 4.69) is 72.2 Å². The van der Waals surface area contributed by atoms with Crippen LogP contribution in [-0.2, 0) is 6.42 Å². The molecule has 0 atom stereocenters. The summed E-state index contributed by atoms with van der Waals surface area (Å²) in [7, 11) is 0. The molecule has 0 aliphatic rings. The molecule has 0 radical (unpaired) electrons. The lowest BCUT2D eigenvalue weighted by atomic mass is 9.94. The summed E-state index contributed by atoms with van der Waals surface area (Å²) in [6, 6.07) is 15.5. The lowest BCUT2D eigenvalue weighted by molar-refractivity contribution is 0.941. The number of hydrogen-bond acceptors (Lipinski definition) is 0. The third-order valence-corrected chi connectivity index (χ3v) is 3.69. The second-order valence-corrected chi connectivity index (χ2v) is 5.62. The van der Waals surface area contributed by atoms with Crippen molar-refractivity contribution in [2.24, 2.45) is 0 Å². The molecule has 0 aliphatic carbocycles. The van der Waals surface area contributed by atoms with Gasteiger partial charge in [0, 0.05) is 5.33 Å². The predicted octanol–water partition coefficient (Wildman–Crippen LogP) is 5.30. The molecule has 94 valence electrons. The fraction of sp³-hybridized carbons (Fsp3) is 0.294. The fourth-order valence-electron chi connectivity index (χ4n) is 2.41. The van der Waals surface area contributed by atoms with Crippen LogP contribution in [0.25, 0.3) is 11.1 Å². The van der Waals surface area contributed by atoms with Crippen LogP contribution >= 0.6 is 15.9 Å². The minimum atomic E-state index is 1.06. The van der Waals surface area contributed by atoms with E-state index in [4.69, 9.17) is 0 Å². The third kappa shape index (κ3) is 3.23. The molecule has 2 aromatic rings. The predicted molar refractivity (Wildman–Crippen MR) is 83.5 cm³/mol. The number of alkyl halides is 1. The third-order valence-electron chi connectivity index (χ3n) is 3.13. The van der Waals surface area contributed by atoms with E-state index in [9.17, 15) is 0 Å². The maximum Gasteiger partial charge on any atom is 0.00344 e. The first-order valence-corrected chi connectivity index (χ1v) is 7.55. The van der Waals surface area contributed by atoms with Crippen molar-refractivity contribution in [1.82, 2.24) is 0 Å². The van der Waals surface area contributed by atoms with Crippen molar-refractivity contribution in [3.05, 3.63) is 59.2 Å². The van der Waals surface area contributed by atoms with Crippen LogP contribution in [0, 0.1) is 13.8 Å². The molecule has 2 aromatic carbocycles. The molecule has 18 heavy (non-hydrogen) atoms. The van der Waals surface area contributed by atoms with Gasteiger partial charge in [-0.25, -0.2) is 0 Å². The summed E-state index contributed by atoms with van der Waals surface area (Å²) >= 11 is 3.51. The van der Waals surface area contributed by atoms with E-state index in [0.29, 0.717) is 0 Å². The van der Waals surface area contributed by atoms with Gasteiger partial charge in [-0.2, -0.15) is 0 Å². The zero-order valence-corrected chi connectivity index (χ0v) is 12.6. The molecule has 0 heterocycles. The van der Waals surface area contributed by atoms with Gasteiger partial charge in [0.25, 0.3) is 0 Å². The first-order valence-electron chi connectivity index (χ1n) is 6.43. The minimum absolute atomic E-state index is 1.06. The van der Waals surface area contributed by atoms with Crippen molar-refractivity contribution >= 4 is 15.9 Å². The monoisotopic (exact) mass is 302 g/mol. The number of rotatable bonds is 4. The molecule has 0 saturated heterocycles. The highest BCUT2D eigenvalue weighted by atomic mass is 79.9.